The van der Waals surface area contributed by atoms with Crippen LogP contribution in [-0.4, -0.2) is 43.8 Å². The van der Waals surface area contributed by atoms with Crippen LogP contribution in [-0.2, 0) is 10.2 Å². The lowest BCUT2D eigenvalue weighted by atomic mass is 9.95. The molecule has 0 radical (unpaired) electrons. The average Bonchev–Trinajstić information content (AvgIpc) is 2.86. The van der Waals surface area contributed by atoms with Crippen LogP contribution in [0.2, 0.25) is 0 Å². The van der Waals surface area contributed by atoms with Gasteiger partial charge in [0.15, 0.2) is 0 Å². The Hall–Kier alpha value is -1.36. The van der Waals surface area contributed by atoms with Gasteiger partial charge in [-0.15, -0.1) is 0 Å². The van der Waals surface area contributed by atoms with Gasteiger partial charge < -0.3 is 15.0 Å². The summed E-state index contributed by atoms with van der Waals surface area (Å²) in [6.07, 6.45) is 1.16. The Bertz CT molecular complexity index is 496. The van der Waals surface area contributed by atoms with Gasteiger partial charge in [-0.25, -0.2) is 9.97 Å². The van der Waals surface area contributed by atoms with Crippen LogP contribution < -0.4 is 10.2 Å². The molecule has 2 heterocycles. The van der Waals surface area contributed by atoms with Crippen molar-refractivity contribution < 1.29 is 4.74 Å². The number of ether oxygens (including phenoxy) is 1. The summed E-state index contributed by atoms with van der Waals surface area (Å²) >= 11 is 0. The van der Waals surface area contributed by atoms with Gasteiger partial charge in [-0.1, -0.05) is 20.8 Å². The van der Waals surface area contributed by atoms with Crippen molar-refractivity contribution in [2.75, 3.05) is 44.1 Å². The zero-order chi connectivity index (χ0) is 15.6. The van der Waals surface area contributed by atoms with Crippen molar-refractivity contribution in [2.45, 2.75) is 39.5 Å². The molecule has 1 atom stereocenters. The van der Waals surface area contributed by atoms with Gasteiger partial charge in [0.25, 0.3) is 0 Å². The Balaban J connectivity index is 2.34. The third kappa shape index (κ3) is 3.46. The van der Waals surface area contributed by atoms with E-state index in [1.54, 1.807) is 7.11 Å². The minimum absolute atomic E-state index is 0.0558. The Morgan fingerprint density at radius 2 is 2.05 bits per heavy atom. The predicted octanol–water partition coefficient (Wildman–Crippen LogP) is 2.60. The largest absolute Gasteiger partial charge is 0.384 e. The van der Waals surface area contributed by atoms with Gasteiger partial charge in [-0.3, -0.25) is 0 Å². The van der Waals surface area contributed by atoms with E-state index in [4.69, 9.17) is 9.72 Å². The minimum Gasteiger partial charge on any atom is -0.384 e. The molecule has 0 aliphatic carbocycles. The van der Waals surface area contributed by atoms with Crippen molar-refractivity contribution in [3.05, 3.63) is 11.4 Å². The summed E-state index contributed by atoms with van der Waals surface area (Å²) < 4.78 is 5.29. The Kier molecular flexibility index (Phi) is 4.71. The molecule has 1 fully saturated rings. The molecule has 1 aliphatic rings. The lowest BCUT2D eigenvalue weighted by Gasteiger charge is -2.25. The van der Waals surface area contributed by atoms with Crippen LogP contribution in [0.1, 0.15) is 38.6 Å². The zero-order valence-corrected chi connectivity index (χ0v) is 14.2. The van der Waals surface area contributed by atoms with Crippen LogP contribution >= 0.6 is 0 Å². The van der Waals surface area contributed by atoms with Crippen LogP contribution in [0.4, 0.5) is 11.6 Å². The first-order chi connectivity index (χ1) is 9.86. The Morgan fingerprint density at radius 3 is 2.62 bits per heavy atom. The molecule has 1 aromatic rings. The number of nitrogens with one attached hydrogen (secondary N) is 1. The van der Waals surface area contributed by atoms with Gasteiger partial charge in [0.2, 0.25) is 0 Å². The molecule has 0 amide bonds. The first kappa shape index (κ1) is 16.0. The SMILES string of the molecule is CNc1nc(C(C)(C)C)nc(N2CCC(COC)C2)c1C. The molecule has 0 bridgehead atoms. The number of aromatic nitrogens is 2. The highest BCUT2D eigenvalue weighted by atomic mass is 16.5. The number of methoxy groups -OCH3 is 1. The molecule has 0 saturated carbocycles. The first-order valence-electron chi connectivity index (χ1n) is 7.67. The lowest BCUT2D eigenvalue weighted by Crippen LogP contribution is -2.26. The number of hydrogen-bond acceptors (Lipinski definition) is 5. The molecule has 1 N–H and O–H groups in total. The van der Waals surface area contributed by atoms with Crippen molar-refractivity contribution in [1.29, 1.82) is 0 Å². The molecule has 118 valence electrons. The zero-order valence-electron chi connectivity index (χ0n) is 14.2. The van der Waals surface area contributed by atoms with Crippen molar-refractivity contribution in [1.82, 2.24) is 9.97 Å². The molecule has 5 heteroatoms. The highest BCUT2D eigenvalue weighted by Crippen LogP contribution is 2.31. The molecular formula is C16H28N4O. The van der Waals surface area contributed by atoms with Crippen molar-refractivity contribution in [3.63, 3.8) is 0 Å². The van der Waals surface area contributed by atoms with E-state index in [-0.39, 0.29) is 5.41 Å². The second-order valence-electron chi connectivity index (χ2n) is 6.90. The van der Waals surface area contributed by atoms with Crippen LogP contribution in [0.3, 0.4) is 0 Å². The van der Waals surface area contributed by atoms with Gasteiger partial charge >= 0.3 is 0 Å². The Morgan fingerprint density at radius 1 is 1.33 bits per heavy atom. The van der Waals surface area contributed by atoms with Crippen LogP contribution in [0, 0.1) is 12.8 Å². The van der Waals surface area contributed by atoms with E-state index >= 15 is 0 Å². The van der Waals surface area contributed by atoms with E-state index in [1.165, 1.54) is 0 Å². The highest BCUT2D eigenvalue weighted by molar-refractivity contribution is 5.59. The van der Waals surface area contributed by atoms with E-state index in [0.29, 0.717) is 5.92 Å². The normalized spacial score (nSPS) is 19.1. The molecule has 5 nitrogen and oxygen atoms in total. The fourth-order valence-corrected chi connectivity index (χ4v) is 2.79. The quantitative estimate of drug-likeness (QED) is 0.924. The van der Waals surface area contributed by atoms with Crippen LogP contribution in [0.15, 0.2) is 0 Å². The summed E-state index contributed by atoms with van der Waals surface area (Å²) in [5, 5.41) is 3.21. The molecular weight excluding hydrogens is 264 g/mol. The summed E-state index contributed by atoms with van der Waals surface area (Å²) in [7, 11) is 3.69. The number of hydrogen-bond donors (Lipinski definition) is 1. The number of nitrogens with zero attached hydrogens (tertiary/aromatic N) is 3. The Labute approximate surface area is 128 Å². The van der Waals surface area contributed by atoms with Gasteiger partial charge in [0.1, 0.15) is 17.5 Å². The smallest absolute Gasteiger partial charge is 0.138 e. The maximum atomic E-state index is 5.29. The summed E-state index contributed by atoms with van der Waals surface area (Å²) in [4.78, 5) is 11.9. The number of anilines is 2. The second-order valence-corrected chi connectivity index (χ2v) is 6.90. The maximum absolute atomic E-state index is 5.29. The van der Waals surface area contributed by atoms with E-state index in [2.05, 4.69) is 42.9 Å². The predicted molar refractivity (Wildman–Crippen MR) is 87.2 cm³/mol. The summed E-state index contributed by atoms with van der Waals surface area (Å²) in [5.41, 5.74) is 1.07. The van der Waals surface area contributed by atoms with Gasteiger partial charge in [0, 0.05) is 44.1 Å². The first-order valence-corrected chi connectivity index (χ1v) is 7.67. The lowest BCUT2D eigenvalue weighted by molar-refractivity contribution is 0.161. The van der Waals surface area contributed by atoms with E-state index in [0.717, 1.165) is 49.1 Å². The third-order valence-corrected chi connectivity index (χ3v) is 4.02. The van der Waals surface area contributed by atoms with Gasteiger partial charge in [-0.2, -0.15) is 0 Å². The van der Waals surface area contributed by atoms with E-state index < -0.39 is 0 Å². The van der Waals surface area contributed by atoms with Crippen molar-refractivity contribution in [3.8, 4) is 0 Å². The standard InChI is InChI=1S/C16H28N4O/c1-11-13(17-5)18-15(16(2,3)4)19-14(11)20-8-7-12(9-20)10-21-6/h12H,7-10H2,1-6H3,(H,17,18,19). The second kappa shape index (κ2) is 6.18. The van der Waals surface area contributed by atoms with Gasteiger partial charge in [-0.05, 0) is 13.3 Å². The van der Waals surface area contributed by atoms with Crippen molar-refractivity contribution >= 4 is 11.6 Å². The average molecular weight is 292 g/mol. The molecule has 1 saturated heterocycles. The van der Waals surface area contributed by atoms with Crippen LogP contribution in [0.5, 0.6) is 0 Å². The molecule has 0 spiro atoms. The summed E-state index contributed by atoms with van der Waals surface area (Å²) in [6, 6.07) is 0. The topological polar surface area (TPSA) is 50.3 Å². The van der Waals surface area contributed by atoms with Gasteiger partial charge in [0.05, 0.1) is 6.61 Å². The fourth-order valence-electron chi connectivity index (χ4n) is 2.79. The molecule has 2 rings (SSSR count). The van der Waals surface area contributed by atoms with E-state index in [1.807, 2.05) is 7.05 Å². The molecule has 21 heavy (non-hydrogen) atoms. The summed E-state index contributed by atoms with van der Waals surface area (Å²) in [6.45, 7) is 11.4. The monoisotopic (exact) mass is 292 g/mol. The maximum Gasteiger partial charge on any atom is 0.138 e. The van der Waals surface area contributed by atoms with Crippen LogP contribution in [0.25, 0.3) is 0 Å². The highest BCUT2D eigenvalue weighted by Gasteiger charge is 2.28. The number of rotatable bonds is 4. The molecule has 1 aliphatic heterocycles. The fraction of sp³-hybridized carbons (Fsp3) is 0.750. The molecule has 1 aromatic heterocycles. The molecule has 0 aromatic carbocycles. The summed E-state index contributed by atoms with van der Waals surface area (Å²) in [5.74, 6) is 3.49. The minimum atomic E-state index is -0.0558. The third-order valence-electron chi connectivity index (χ3n) is 4.02. The molecule has 1 unspecified atom stereocenters. The van der Waals surface area contributed by atoms with Crippen molar-refractivity contribution in [2.24, 2.45) is 5.92 Å². The van der Waals surface area contributed by atoms with E-state index in [9.17, 15) is 0 Å².